The Morgan fingerprint density at radius 2 is 2.00 bits per heavy atom. The molecule has 0 aromatic heterocycles. The maximum absolute atomic E-state index is 12.8. The van der Waals surface area contributed by atoms with Crippen LogP contribution >= 0.6 is 0 Å². The van der Waals surface area contributed by atoms with E-state index >= 15 is 0 Å². The van der Waals surface area contributed by atoms with Gasteiger partial charge in [-0.2, -0.15) is 0 Å². The van der Waals surface area contributed by atoms with E-state index in [2.05, 4.69) is 0 Å². The van der Waals surface area contributed by atoms with Crippen molar-refractivity contribution < 1.29 is 17.9 Å². The molecule has 2 rings (SSSR count). The van der Waals surface area contributed by atoms with Crippen molar-refractivity contribution in [3.63, 3.8) is 0 Å². The van der Waals surface area contributed by atoms with Gasteiger partial charge in [0.1, 0.15) is 5.82 Å². The van der Waals surface area contributed by atoms with Gasteiger partial charge in [0, 0.05) is 19.7 Å². The van der Waals surface area contributed by atoms with Crippen molar-refractivity contribution in [1.82, 2.24) is 4.31 Å². The van der Waals surface area contributed by atoms with Crippen molar-refractivity contribution in [1.29, 1.82) is 0 Å². The number of hydrogen-bond donors (Lipinski definition) is 1. The molecule has 1 heterocycles. The molecule has 0 aliphatic carbocycles. The normalized spacial score (nSPS) is 21.5. The largest absolute Gasteiger partial charge is 0.396 e. The minimum absolute atomic E-state index is 0.0164. The standard InChI is InChI=1S/C13H18FNO3S/c14-13-5-3-11(4-6-13)10-19(17,18)15-7-1-2-12(8-15)9-16/h3-6,12,16H,1-2,7-10H2. The molecule has 19 heavy (non-hydrogen) atoms. The molecular weight excluding hydrogens is 269 g/mol. The number of aliphatic hydroxyl groups is 1. The van der Waals surface area contributed by atoms with Crippen molar-refractivity contribution in [2.24, 2.45) is 5.92 Å². The Balaban J connectivity index is 2.07. The van der Waals surface area contributed by atoms with E-state index < -0.39 is 10.0 Å². The zero-order valence-corrected chi connectivity index (χ0v) is 11.4. The van der Waals surface area contributed by atoms with Gasteiger partial charge in [-0.3, -0.25) is 0 Å². The van der Waals surface area contributed by atoms with Gasteiger partial charge in [0.15, 0.2) is 0 Å². The van der Waals surface area contributed by atoms with Crippen LogP contribution in [0, 0.1) is 11.7 Å². The van der Waals surface area contributed by atoms with E-state index in [1.807, 2.05) is 0 Å². The maximum Gasteiger partial charge on any atom is 0.218 e. The first-order valence-electron chi connectivity index (χ1n) is 6.34. The fourth-order valence-corrected chi connectivity index (χ4v) is 3.95. The summed E-state index contributed by atoms with van der Waals surface area (Å²) in [5.74, 6) is -0.470. The number of benzene rings is 1. The quantitative estimate of drug-likeness (QED) is 0.909. The van der Waals surface area contributed by atoms with Crippen molar-refractivity contribution in [2.45, 2.75) is 18.6 Å². The second-order valence-electron chi connectivity index (χ2n) is 4.93. The zero-order valence-electron chi connectivity index (χ0n) is 10.6. The first-order valence-corrected chi connectivity index (χ1v) is 7.95. The maximum atomic E-state index is 12.8. The summed E-state index contributed by atoms with van der Waals surface area (Å²) in [6.45, 7) is 0.891. The van der Waals surface area contributed by atoms with E-state index in [0.29, 0.717) is 18.7 Å². The van der Waals surface area contributed by atoms with Gasteiger partial charge in [-0.25, -0.2) is 17.1 Å². The van der Waals surface area contributed by atoms with Gasteiger partial charge in [0.25, 0.3) is 0 Å². The van der Waals surface area contributed by atoms with Crippen LogP contribution in [0.25, 0.3) is 0 Å². The van der Waals surface area contributed by atoms with Crippen LogP contribution in [0.3, 0.4) is 0 Å². The Morgan fingerprint density at radius 1 is 1.32 bits per heavy atom. The Labute approximate surface area is 112 Å². The van der Waals surface area contributed by atoms with E-state index in [4.69, 9.17) is 5.11 Å². The number of halogens is 1. The smallest absolute Gasteiger partial charge is 0.218 e. The summed E-state index contributed by atoms with van der Waals surface area (Å²) in [6, 6.07) is 5.50. The molecule has 1 aromatic rings. The Kier molecular flexibility index (Phi) is 4.54. The molecule has 1 aromatic carbocycles. The molecule has 1 atom stereocenters. The second kappa shape index (κ2) is 5.98. The molecular formula is C13H18FNO3S. The van der Waals surface area contributed by atoms with Crippen LogP contribution in [-0.4, -0.2) is 37.5 Å². The van der Waals surface area contributed by atoms with E-state index in [1.54, 1.807) is 0 Å². The molecule has 1 unspecified atom stereocenters. The van der Waals surface area contributed by atoms with Crippen molar-refractivity contribution in [2.75, 3.05) is 19.7 Å². The van der Waals surface area contributed by atoms with Gasteiger partial charge in [-0.05, 0) is 36.5 Å². The van der Waals surface area contributed by atoms with Gasteiger partial charge in [-0.1, -0.05) is 12.1 Å². The summed E-state index contributed by atoms with van der Waals surface area (Å²) in [7, 11) is -3.39. The molecule has 1 aliphatic heterocycles. The number of nitrogens with zero attached hydrogens (tertiary/aromatic N) is 1. The van der Waals surface area contributed by atoms with Crippen LogP contribution in [0.1, 0.15) is 18.4 Å². The second-order valence-corrected chi connectivity index (χ2v) is 6.90. The highest BCUT2D eigenvalue weighted by atomic mass is 32.2. The van der Waals surface area contributed by atoms with Crippen LogP contribution in [0.4, 0.5) is 4.39 Å². The lowest BCUT2D eigenvalue weighted by Crippen LogP contribution is -2.41. The summed E-state index contributed by atoms with van der Waals surface area (Å²) in [4.78, 5) is 0. The van der Waals surface area contributed by atoms with Crippen molar-refractivity contribution >= 4 is 10.0 Å². The summed E-state index contributed by atoms with van der Waals surface area (Å²) < 4.78 is 38.7. The number of hydrogen-bond acceptors (Lipinski definition) is 3. The number of aliphatic hydroxyl groups excluding tert-OH is 1. The van der Waals surface area contributed by atoms with E-state index in [9.17, 15) is 12.8 Å². The van der Waals surface area contributed by atoms with E-state index in [-0.39, 0.29) is 24.1 Å². The molecule has 0 bridgehead atoms. The predicted octanol–water partition coefficient (Wildman–Crippen LogP) is 1.36. The summed E-state index contributed by atoms with van der Waals surface area (Å²) in [5.41, 5.74) is 0.576. The third-order valence-electron chi connectivity index (χ3n) is 3.40. The molecule has 0 spiro atoms. The van der Waals surface area contributed by atoms with Gasteiger partial charge < -0.3 is 5.11 Å². The fraction of sp³-hybridized carbons (Fsp3) is 0.538. The van der Waals surface area contributed by atoms with Crippen molar-refractivity contribution in [3.8, 4) is 0 Å². The van der Waals surface area contributed by atoms with Crippen LogP contribution in [0.5, 0.6) is 0 Å². The molecule has 0 saturated carbocycles. The minimum atomic E-state index is -3.39. The highest BCUT2D eigenvalue weighted by molar-refractivity contribution is 7.88. The average molecular weight is 287 g/mol. The van der Waals surface area contributed by atoms with E-state index in [1.165, 1.54) is 28.6 Å². The monoisotopic (exact) mass is 287 g/mol. The highest BCUT2D eigenvalue weighted by Crippen LogP contribution is 2.21. The van der Waals surface area contributed by atoms with Gasteiger partial charge >= 0.3 is 0 Å². The van der Waals surface area contributed by atoms with Crippen LogP contribution in [-0.2, 0) is 15.8 Å². The van der Waals surface area contributed by atoms with Gasteiger partial charge in [0.05, 0.1) is 5.75 Å². The van der Waals surface area contributed by atoms with Gasteiger partial charge in [-0.15, -0.1) is 0 Å². The van der Waals surface area contributed by atoms with Crippen LogP contribution in [0.15, 0.2) is 24.3 Å². The number of rotatable bonds is 4. The predicted molar refractivity (Wildman–Crippen MR) is 70.4 cm³/mol. The average Bonchev–Trinajstić information content (AvgIpc) is 2.41. The lowest BCUT2D eigenvalue weighted by atomic mass is 10.0. The minimum Gasteiger partial charge on any atom is -0.396 e. The lowest BCUT2D eigenvalue weighted by Gasteiger charge is -2.31. The number of sulfonamides is 1. The van der Waals surface area contributed by atoms with Crippen molar-refractivity contribution in [3.05, 3.63) is 35.6 Å². The number of piperidine rings is 1. The molecule has 106 valence electrons. The lowest BCUT2D eigenvalue weighted by molar-refractivity contribution is 0.165. The topological polar surface area (TPSA) is 57.6 Å². The first-order chi connectivity index (χ1) is 9.01. The van der Waals surface area contributed by atoms with Crippen LogP contribution < -0.4 is 0 Å². The first kappa shape index (κ1) is 14.4. The molecule has 1 saturated heterocycles. The molecule has 0 radical (unpaired) electrons. The molecule has 6 heteroatoms. The molecule has 4 nitrogen and oxygen atoms in total. The molecule has 1 aliphatic rings. The van der Waals surface area contributed by atoms with E-state index in [0.717, 1.165) is 12.8 Å². The summed E-state index contributed by atoms with van der Waals surface area (Å²) >= 11 is 0. The SMILES string of the molecule is O=S(=O)(Cc1ccc(F)cc1)N1CCCC(CO)C1. The summed E-state index contributed by atoms with van der Waals surface area (Å²) in [5, 5.41) is 9.13. The van der Waals surface area contributed by atoms with Gasteiger partial charge in [0.2, 0.25) is 10.0 Å². The fourth-order valence-electron chi connectivity index (χ4n) is 2.31. The molecule has 1 N–H and O–H groups in total. The molecule has 0 amide bonds. The third kappa shape index (κ3) is 3.75. The molecule has 1 fully saturated rings. The Bertz CT molecular complexity index is 515. The Hall–Kier alpha value is -0.980. The highest BCUT2D eigenvalue weighted by Gasteiger charge is 2.28. The Morgan fingerprint density at radius 3 is 2.63 bits per heavy atom. The zero-order chi connectivity index (χ0) is 13.9. The van der Waals surface area contributed by atoms with Crippen LogP contribution in [0.2, 0.25) is 0 Å². The third-order valence-corrected chi connectivity index (χ3v) is 5.21. The summed E-state index contributed by atoms with van der Waals surface area (Å²) in [6.07, 6.45) is 1.63.